The molecule has 134 valence electrons. The molecule has 0 aromatic heterocycles. The molecule has 0 saturated heterocycles. The molecule has 5 rings (SSSR count). The highest BCUT2D eigenvalue weighted by molar-refractivity contribution is 9.10. The number of nitrogens with one attached hydrogen (secondary N) is 1. The van der Waals surface area contributed by atoms with Gasteiger partial charge < -0.3 is 14.8 Å². The van der Waals surface area contributed by atoms with Crippen LogP contribution in [0.3, 0.4) is 0 Å². The van der Waals surface area contributed by atoms with Crippen molar-refractivity contribution in [2.24, 2.45) is 5.92 Å². The Morgan fingerprint density at radius 2 is 1.81 bits per heavy atom. The lowest BCUT2D eigenvalue weighted by Crippen LogP contribution is -2.29. The molecule has 26 heavy (non-hydrogen) atoms. The number of benzene rings is 2. The Labute approximate surface area is 174 Å². The first kappa shape index (κ1) is 17.1. The quantitative estimate of drug-likeness (QED) is 0.359. The number of ether oxygens (including phenoxy) is 2. The summed E-state index contributed by atoms with van der Waals surface area (Å²) in [5.41, 5.74) is 2.94. The fraction of sp³-hybridized carbons (Fsp3) is 0.263. The third-order valence-electron chi connectivity index (χ3n) is 5.31. The van der Waals surface area contributed by atoms with E-state index in [1.54, 1.807) is 6.07 Å². The summed E-state index contributed by atoms with van der Waals surface area (Å²) in [6, 6.07) is 5.75. The van der Waals surface area contributed by atoms with Crippen LogP contribution < -0.4 is 14.8 Å². The lowest BCUT2D eigenvalue weighted by atomic mass is 9.77. The highest BCUT2D eigenvalue weighted by Gasteiger charge is 2.41. The van der Waals surface area contributed by atoms with Crippen LogP contribution in [0.1, 0.15) is 29.5 Å². The predicted molar refractivity (Wildman–Crippen MR) is 108 cm³/mol. The highest BCUT2D eigenvalue weighted by atomic mass is 79.9. The molecule has 2 heterocycles. The van der Waals surface area contributed by atoms with Crippen molar-refractivity contribution in [3.63, 3.8) is 0 Å². The van der Waals surface area contributed by atoms with Gasteiger partial charge >= 0.3 is 0 Å². The van der Waals surface area contributed by atoms with Crippen LogP contribution in [0.4, 0.5) is 5.69 Å². The largest absolute Gasteiger partial charge is 0.454 e. The molecule has 2 aliphatic heterocycles. The molecule has 0 unspecified atom stereocenters. The zero-order valence-electron chi connectivity index (χ0n) is 13.4. The van der Waals surface area contributed by atoms with Gasteiger partial charge in [-0.25, -0.2) is 0 Å². The van der Waals surface area contributed by atoms with Crippen LogP contribution in [-0.4, -0.2) is 6.79 Å². The average Bonchev–Trinajstić information content (AvgIpc) is 3.26. The lowest BCUT2D eigenvalue weighted by molar-refractivity contribution is 0.174. The van der Waals surface area contributed by atoms with Crippen molar-refractivity contribution < 1.29 is 9.47 Å². The van der Waals surface area contributed by atoms with E-state index in [2.05, 4.69) is 33.4 Å². The predicted octanol–water partition coefficient (Wildman–Crippen LogP) is 6.96. The number of hydrogen-bond acceptors (Lipinski definition) is 3. The van der Waals surface area contributed by atoms with Crippen LogP contribution in [0, 0.1) is 5.92 Å². The van der Waals surface area contributed by atoms with Crippen molar-refractivity contribution in [2.45, 2.75) is 18.4 Å². The van der Waals surface area contributed by atoms with E-state index in [9.17, 15) is 0 Å². The summed E-state index contributed by atoms with van der Waals surface area (Å²) in [5.74, 6) is 1.99. The summed E-state index contributed by atoms with van der Waals surface area (Å²) >= 11 is 23.0. The van der Waals surface area contributed by atoms with E-state index < -0.39 is 0 Å². The van der Waals surface area contributed by atoms with E-state index in [0.29, 0.717) is 21.0 Å². The number of halogens is 4. The zero-order chi connectivity index (χ0) is 18.0. The van der Waals surface area contributed by atoms with Crippen LogP contribution in [-0.2, 0) is 0 Å². The molecule has 3 aliphatic rings. The third-order valence-corrected chi connectivity index (χ3v) is 7.10. The van der Waals surface area contributed by atoms with Crippen molar-refractivity contribution in [3.05, 3.63) is 61.0 Å². The topological polar surface area (TPSA) is 30.5 Å². The van der Waals surface area contributed by atoms with Gasteiger partial charge in [0.15, 0.2) is 11.5 Å². The van der Waals surface area contributed by atoms with E-state index >= 15 is 0 Å². The molecule has 0 saturated carbocycles. The normalized spacial score (nSPS) is 25.0. The maximum atomic E-state index is 6.54. The molecule has 0 spiro atoms. The average molecular weight is 474 g/mol. The summed E-state index contributed by atoms with van der Waals surface area (Å²) in [4.78, 5) is 0. The monoisotopic (exact) mass is 471 g/mol. The number of rotatable bonds is 1. The number of allylic oxidation sites excluding steroid dienone is 2. The second kappa shape index (κ2) is 6.23. The fourth-order valence-corrected chi connectivity index (χ4v) is 5.52. The molecule has 2 aromatic rings. The molecule has 2 aromatic carbocycles. The summed E-state index contributed by atoms with van der Waals surface area (Å²) in [5, 5.41) is 5.25. The molecule has 0 radical (unpaired) electrons. The number of fused-ring (bicyclic) bond motifs is 4. The summed E-state index contributed by atoms with van der Waals surface area (Å²) in [6.07, 6.45) is 5.35. The molecule has 1 aliphatic carbocycles. The smallest absolute Gasteiger partial charge is 0.231 e. The first-order valence-electron chi connectivity index (χ1n) is 8.24. The second-order valence-electron chi connectivity index (χ2n) is 6.65. The van der Waals surface area contributed by atoms with Crippen LogP contribution in [0.25, 0.3) is 0 Å². The SMILES string of the molecule is Clc1cc(Cl)c2c(c1Cl)[C@@H]1C=CC[C@@H]1[C@@H](c1cc3c(cc1Br)OCO3)N2. The zero-order valence-corrected chi connectivity index (χ0v) is 17.2. The Kier molecular flexibility index (Phi) is 4.09. The van der Waals surface area contributed by atoms with Crippen molar-refractivity contribution in [3.8, 4) is 11.5 Å². The highest BCUT2D eigenvalue weighted by Crippen LogP contribution is 2.56. The molecule has 0 amide bonds. The molecule has 1 N–H and O–H groups in total. The molecule has 3 atom stereocenters. The molecule has 7 heteroatoms. The van der Waals surface area contributed by atoms with E-state index in [-0.39, 0.29) is 18.8 Å². The standard InChI is InChI=1S/C19H13BrCl3NO2/c20-11-5-15-14(25-7-26-15)4-10(11)18-9-3-1-2-8(9)16-17(23)12(21)6-13(22)19(16)24-18/h1-2,4-6,8-9,18,24H,3,7H2/t8-,9+,18+/m1/s1. The Hall–Kier alpha value is -1.07. The minimum Gasteiger partial charge on any atom is -0.454 e. The van der Waals surface area contributed by atoms with Crippen LogP contribution >= 0.6 is 50.7 Å². The van der Waals surface area contributed by atoms with Gasteiger partial charge in [0, 0.05) is 16.0 Å². The van der Waals surface area contributed by atoms with Crippen molar-refractivity contribution in [1.29, 1.82) is 0 Å². The van der Waals surface area contributed by atoms with E-state index in [0.717, 1.165) is 39.2 Å². The number of hydrogen-bond donors (Lipinski definition) is 1. The molecule has 3 nitrogen and oxygen atoms in total. The van der Waals surface area contributed by atoms with Gasteiger partial charge in [-0.1, -0.05) is 62.9 Å². The van der Waals surface area contributed by atoms with E-state index in [1.165, 1.54) is 0 Å². The second-order valence-corrected chi connectivity index (χ2v) is 8.69. The lowest BCUT2D eigenvalue weighted by Gasteiger charge is -2.39. The first-order valence-corrected chi connectivity index (χ1v) is 10.2. The van der Waals surface area contributed by atoms with Gasteiger partial charge in [0.05, 0.1) is 26.8 Å². The van der Waals surface area contributed by atoms with Gasteiger partial charge in [-0.05, 0) is 36.1 Å². The molecule has 0 fully saturated rings. The van der Waals surface area contributed by atoms with Crippen LogP contribution in [0.5, 0.6) is 11.5 Å². The first-order chi connectivity index (χ1) is 12.5. The van der Waals surface area contributed by atoms with Gasteiger partial charge in [-0.3, -0.25) is 0 Å². The van der Waals surface area contributed by atoms with Crippen molar-refractivity contribution in [2.75, 3.05) is 12.1 Å². The molecular weight excluding hydrogens is 460 g/mol. The Morgan fingerprint density at radius 1 is 1.04 bits per heavy atom. The van der Waals surface area contributed by atoms with Crippen LogP contribution in [0.15, 0.2) is 34.8 Å². The number of anilines is 1. The minimum absolute atomic E-state index is 0.0566. The summed E-state index contributed by atoms with van der Waals surface area (Å²) in [6.45, 7) is 0.250. The van der Waals surface area contributed by atoms with Gasteiger partial charge in [0.1, 0.15) is 0 Å². The van der Waals surface area contributed by atoms with Gasteiger partial charge in [0.2, 0.25) is 6.79 Å². The van der Waals surface area contributed by atoms with Gasteiger partial charge in [-0.2, -0.15) is 0 Å². The Bertz CT molecular complexity index is 963. The summed E-state index contributed by atoms with van der Waals surface area (Å²) in [7, 11) is 0. The van der Waals surface area contributed by atoms with E-state index in [4.69, 9.17) is 44.3 Å². The fourth-order valence-electron chi connectivity index (χ4n) is 4.14. The summed E-state index contributed by atoms with van der Waals surface area (Å²) < 4.78 is 12.0. The maximum absolute atomic E-state index is 6.54. The maximum Gasteiger partial charge on any atom is 0.231 e. The van der Waals surface area contributed by atoms with Crippen molar-refractivity contribution >= 4 is 56.4 Å². The molecule has 0 bridgehead atoms. The van der Waals surface area contributed by atoms with Crippen LogP contribution in [0.2, 0.25) is 15.1 Å². The van der Waals surface area contributed by atoms with E-state index in [1.807, 2.05) is 12.1 Å². The van der Waals surface area contributed by atoms with Gasteiger partial charge in [0.25, 0.3) is 0 Å². The van der Waals surface area contributed by atoms with Gasteiger partial charge in [-0.15, -0.1) is 0 Å². The Balaban J connectivity index is 1.66. The minimum atomic E-state index is 0.0566. The third kappa shape index (κ3) is 2.46. The Morgan fingerprint density at radius 3 is 2.62 bits per heavy atom. The molecular formula is C19H13BrCl3NO2. The van der Waals surface area contributed by atoms with Crippen molar-refractivity contribution in [1.82, 2.24) is 0 Å².